The van der Waals surface area contributed by atoms with E-state index in [-0.39, 0.29) is 17.4 Å². The van der Waals surface area contributed by atoms with Gasteiger partial charge < -0.3 is 20.1 Å². The van der Waals surface area contributed by atoms with Crippen LogP contribution in [0.4, 0.5) is 13.9 Å². The maximum absolute atomic E-state index is 12.9. The third-order valence-corrected chi connectivity index (χ3v) is 3.69. The standard InChI is InChI=1S/C12H11F2N3O3S/c1-15-3-2-10(18)17-11-16-6-4-7-8(5-9(6)21-11)20-12(13,14)19-7/h4-5,15H,2-3H2,1H3,(H,16,17,18). The first-order valence-electron chi connectivity index (χ1n) is 6.12. The largest absolute Gasteiger partial charge is 0.586 e. The van der Waals surface area contributed by atoms with Crippen molar-refractivity contribution in [3.8, 4) is 11.5 Å². The molecule has 6 nitrogen and oxygen atoms in total. The fourth-order valence-corrected chi connectivity index (χ4v) is 2.74. The molecule has 1 aromatic carbocycles. The summed E-state index contributed by atoms with van der Waals surface area (Å²) in [5, 5.41) is 5.93. The molecule has 3 rings (SSSR count). The Balaban J connectivity index is 1.81. The monoisotopic (exact) mass is 315 g/mol. The second-order valence-electron chi connectivity index (χ2n) is 4.35. The van der Waals surface area contributed by atoms with Gasteiger partial charge in [-0.15, -0.1) is 8.78 Å². The van der Waals surface area contributed by atoms with E-state index >= 15 is 0 Å². The lowest BCUT2D eigenvalue weighted by Crippen LogP contribution is -2.25. The van der Waals surface area contributed by atoms with Crippen molar-refractivity contribution in [1.82, 2.24) is 10.3 Å². The first kappa shape index (κ1) is 14.0. The molecule has 1 amide bonds. The Morgan fingerprint density at radius 1 is 1.38 bits per heavy atom. The highest BCUT2D eigenvalue weighted by Crippen LogP contribution is 2.44. The summed E-state index contributed by atoms with van der Waals surface area (Å²) in [6.07, 6.45) is -3.32. The van der Waals surface area contributed by atoms with E-state index in [2.05, 4.69) is 25.1 Å². The molecule has 0 bridgehead atoms. The second kappa shape index (κ2) is 5.08. The van der Waals surface area contributed by atoms with E-state index in [1.807, 2.05) is 0 Å². The highest BCUT2D eigenvalue weighted by Gasteiger charge is 2.43. The van der Waals surface area contributed by atoms with Crippen LogP contribution in [0.2, 0.25) is 0 Å². The maximum Gasteiger partial charge on any atom is 0.586 e. The SMILES string of the molecule is CNCCC(=O)Nc1nc2cc3c(cc2s1)OC(F)(F)O3. The van der Waals surface area contributed by atoms with Gasteiger partial charge in [0, 0.05) is 25.1 Å². The molecule has 0 saturated heterocycles. The highest BCUT2D eigenvalue weighted by atomic mass is 32.1. The summed E-state index contributed by atoms with van der Waals surface area (Å²) in [6, 6.07) is 2.79. The number of thiazole rings is 1. The van der Waals surface area contributed by atoms with Gasteiger partial charge in [-0.3, -0.25) is 4.79 Å². The lowest BCUT2D eigenvalue weighted by molar-refractivity contribution is -0.286. The van der Waals surface area contributed by atoms with Crippen molar-refractivity contribution in [1.29, 1.82) is 0 Å². The first-order chi connectivity index (χ1) is 9.97. The van der Waals surface area contributed by atoms with Gasteiger partial charge in [-0.05, 0) is 7.05 Å². The van der Waals surface area contributed by atoms with Gasteiger partial charge in [0.2, 0.25) is 5.91 Å². The van der Waals surface area contributed by atoms with Crippen LogP contribution in [0, 0.1) is 0 Å². The molecule has 9 heteroatoms. The van der Waals surface area contributed by atoms with Crippen molar-refractivity contribution in [2.45, 2.75) is 12.7 Å². The molecular formula is C12H11F2N3O3S. The number of carbonyl (C=O) groups excluding carboxylic acids is 1. The van der Waals surface area contributed by atoms with Crippen LogP contribution in [0.3, 0.4) is 0 Å². The minimum Gasteiger partial charge on any atom is -0.395 e. The molecule has 1 aliphatic rings. The van der Waals surface area contributed by atoms with Crippen molar-refractivity contribution in [3.63, 3.8) is 0 Å². The van der Waals surface area contributed by atoms with E-state index in [1.54, 1.807) is 7.05 Å². The molecule has 0 atom stereocenters. The van der Waals surface area contributed by atoms with Gasteiger partial charge in [-0.1, -0.05) is 11.3 Å². The number of hydrogen-bond acceptors (Lipinski definition) is 6. The number of fused-ring (bicyclic) bond motifs is 2. The average molecular weight is 315 g/mol. The number of hydrogen-bond donors (Lipinski definition) is 2. The molecule has 1 aromatic heterocycles. The quantitative estimate of drug-likeness (QED) is 0.904. The summed E-state index contributed by atoms with van der Waals surface area (Å²) in [4.78, 5) is 15.8. The number of nitrogens with one attached hydrogen (secondary N) is 2. The molecule has 21 heavy (non-hydrogen) atoms. The van der Waals surface area contributed by atoms with Crippen molar-refractivity contribution in [2.24, 2.45) is 0 Å². The van der Waals surface area contributed by atoms with Crippen LogP contribution in [0.25, 0.3) is 10.2 Å². The normalized spacial score (nSPS) is 15.4. The predicted octanol–water partition coefficient (Wildman–Crippen LogP) is 2.17. The summed E-state index contributed by atoms with van der Waals surface area (Å²) in [5.74, 6) is -0.273. The minimum atomic E-state index is -3.64. The number of amides is 1. The molecule has 0 fully saturated rings. The number of aromatic nitrogens is 1. The van der Waals surface area contributed by atoms with Gasteiger partial charge >= 0.3 is 6.29 Å². The van der Waals surface area contributed by atoms with E-state index in [9.17, 15) is 13.6 Å². The fraction of sp³-hybridized carbons (Fsp3) is 0.333. The van der Waals surface area contributed by atoms with Gasteiger partial charge in [0.15, 0.2) is 16.6 Å². The number of ether oxygens (including phenoxy) is 2. The Hall–Kier alpha value is -2.00. The molecule has 2 N–H and O–H groups in total. The van der Waals surface area contributed by atoms with Gasteiger partial charge in [-0.2, -0.15) is 0 Å². The van der Waals surface area contributed by atoms with Gasteiger partial charge in [0.05, 0.1) is 10.2 Å². The summed E-state index contributed by atoms with van der Waals surface area (Å²) in [7, 11) is 1.75. The lowest BCUT2D eigenvalue weighted by Gasteiger charge is -2.04. The smallest absolute Gasteiger partial charge is 0.395 e. The molecule has 112 valence electrons. The van der Waals surface area contributed by atoms with Crippen LogP contribution in [0.15, 0.2) is 12.1 Å². The molecule has 0 spiro atoms. The zero-order chi connectivity index (χ0) is 15.0. The number of halogens is 2. The number of anilines is 1. The van der Waals surface area contributed by atoms with Crippen LogP contribution in [0.1, 0.15) is 6.42 Å². The maximum atomic E-state index is 12.9. The number of carbonyl (C=O) groups is 1. The Morgan fingerprint density at radius 2 is 2.10 bits per heavy atom. The molecule has 0 aliphatic carbocycles. The summed E-state index contributed by atoms with van der Waals surface area (Å²) < 4.78 is 35.2. The summed E-state index contributed by atoms with van der Waals surface area (Å²) >= 11 is 1.18. The number of nitrogens with zero attached hydrogens (tertiary/aromatic N) is 1. The molecule has 1 aliphatic heterocycles. The van der Waals surface area contributed by atoms with Crippen molar-refractivity contribution < 1.29 is 23.0 Å². The van der Waals surface area contributed by atoms with E-state index in [0.717, 1.165) is 0 Å². The third-order valence-electron chi connectivity index (χ3n) is 2.76. The lowest BCUT2D eigenvalue weighted by atomic mass is 10.3. The van der Waals surface area contributed by atoms with Crippen molar-refractivity contribution in [2.75, 3.05) is 18.9 Å². The van der Waals surface area contributed by atoms with Crippen LogP contribution in [0.5, 0.6) is 11.5 Å². The first-order valence-corrected chi connectivity index (χ1v) is 6.93. The van der Waals surface area contributed by atoms with Gasteiger partial charge in [0.1, 0.15) is 0 Å². The van der Waals surface area contributed by atoms with Crippen LogP contribution < -0.4 is 20.1 Å². The van der Waals surface area contributed by atoms with Crippen molar-refractivity contribution in [3.05, 3.63) is 12.1 Å². The van der Waals surface area contributed by atoms with Crippen molar-refractivity contribution >= 4 is 32.6 Å². The zero-order valence-corrected chi connectivity index (χ0v) is 11.7. The third kappa shape index (κ3) is 2.88. The summed E-state index contributed by atoms with van der Waals surface area (Å²) in [6.45, 7) is 0.557. The highest BCUT2D eigenvalue weighted by molar-refractivity contribution is 7.22. The van der Waals surface area contributed by atoms with Crippen LogP contribution in [-0.2, 0) is 4.79 Å². The van der Waals surface area contributed by atoms with E-state index in [4.69, 9.17) is 0 Å². The van der Waals surface area contributed by atoms with Crippen LogP contribution in [-0.4, -0.2) is 30.8 Å². The van der Waals surface area contributed by atoms with E-state index in [0.29, 0.717) is 28.3 Å². The van der Waals surface area contributed by atoms with E-state index in [1.165, 1.54) is 23.5 Å². The molecule has 2 heterocycles. The van der Waals surface area contributed by atoms with E-state index < -0.39 is 6.29 Å². The predicted molar refractivity (Wildman–Crippen MR) is 73.0 cm³/mol. The number of benzene rings is 1. The average Bonchev–Trinajstić information content (AvgIpc) is 2.90. The zero-order valence-electron chi connectivity index (χ0n) is 10.9. The fourth-order valence-electron chi connectivity index (χ4n) is 1.85. The number of alkyl halides is 2. The molecule has 0 radical (unpaired) electrons. The topological polar surface area (TPSA) is 72.5 Å². The van der Waals surface area contributed by atoms with Crippen LogP contribution >= 0.6 is 11.3 Å². The minimum absolute atomic E-state index is 0.0378. The second-order valence-corrected chi connectivity index (χ2v) is 5.39. The Kier molecular flexibility index (Phi) is 3.38. The number of rotatable bonds is 4. The Labute approximate surface area is 122 Å². The molecule has 0 saturated carbocycles. The van der Waals surface area contributed by atoms with Gasteiger partial charge in [0.25, 0.3) is 0 Å². The Morgan fingerprint density at radius 3 is 2.81 bits per heavy atom. The Bertz CT molecular complexity index is 659. The molecule has 0 unspecified atom stereocenters. The van der Waals surface area contributed by atoms with Gasteiger partial charge in [-0.25, -0.2) is 4.98 Å². The molecular weight excluding hydrogens is 304 g/mol. The molecule has 2 aromatic rings. The summed E-state index contributed by atoms with van der Waals surface area (Å²) in [5.41, 5.74) is 0.462.